The largest absolute Gasteiger partial charge is 0.388 e. The molecule has 1 rings (SSSR count). The van der Waals surface area contributed by atoms with Crippen molar-refractivity contribution in [2.24, 2.45) is 0 Å². The predicted molar refractivity (Wildman–Crippen MR) is 47.4 cm³/mol. The minimum atomic E-state index is -0.571. The second-order valence-electron chi connectivity index (χ2n) is 2.35. The molecule has 0 radical (unpaired) electrons. The van der Waals surface area contributed by atoms with Crippen molar-refractivity contribution < 1.29 is 4.92 Å². The topological polar surface area (TPSA) is 79.0 Å². The summed E-state index contributed by atoms with van der Waals surface area (Å²) in [6.45, 7) is 0. The lowest BCUT2D eigenvalue weighted by Crippen LogP contribution is -1.94. The number of benzene rings is 1. The molecule has 1 aromatic rings. The molecule has 0 saturated carbocycles. The quantitative estimate of drug-likeness (QED) is 0.548. The van der Waals surface area contributed by atoms with Gasteiger partial charge in [-0.3, -0.25) is 10.1 Å². The van der Waals surface area contributed by atoms with Gasteiger partial charge in [-0.15, -0.1) is 0 Å². The fraction of sp³-hybridized carbons (Fsp3) is 0.125. The van der Waals surface area contributed by atoms with E-state index in [4.69, 9.17) is 5.26 Å². The second kappa shape index (κ2) is 3.54. The Morgan fingerprint density at radius 2 is 2.31 bits per heavy atom. The molecule has 5 heteroatoms. The van der Waals surface area contributed by atoms with Crippen molar-refractivity contribution in [3.05, 3.63) is 33.9 Å². The van der Waals surface area contributed by atoms with E-state index in [0.29, 0.717) is 5.69 Å². The van der Waals surface area contributed by atoms with Gasteiger partial charge < -0.3 is 5.32 Å². The third-order valence-electron chi connectivity index (χ3n) is 1.60. The zero-order valence-electron chi connectivity index (χ0n) is 6.94. The van der Waals surface area contributed by atoms with Crippen LogP contribution in [0.15, 0.2) is 18.2 Å². The van der Waals surface area contributed by atoms with Crippen LogP contribution in [0.5, 0.6) is 0 Å². The van der Waals surface area contributed by atoms with Crippen molar-refractivity contribution in [3.63, 3.8) is 0 Å². The lowest BCUT2D eigenvalue weighted by atomic mass is 10.2. The molecule has 0 aliphatic rings. The summed E-state index contributed by atoms with van der Waals surface area (Å²) in [5, 5.41) is 21.8. The molecule has 0 saturated heterocycles. The van der Waals surface area contributed by atoms with Crippen LogP contribution in [0.25, 0.3) is 0 Å². The Morgan fingerprint density at radius 1 is 1.62 bits per heavy atom. The molecule has 5 nitrogen and oxygen atoms in total. The van der Waals surface area contributed by atoms with Crippen LogP contribution in [-0.2, 0) is 0 Å². The normalized spacial score (nSPS) is 8.92. The molecule has 0 spiro atoms. The molecule has 0 aliphatic heterocycles. The summed E-state index contributed by atoms with van der Waals surface area (Å²) in [4.78, 5) is 9.84. The van der Waals surface area contributed by atoms with Gasteiger partial charge in [-0.2, -0.15) is 5.26 Å². The summed E-state index contributed by atoms with van der Waals surface area (Å²) >= 11 is 0. The summed E-state index contributed by atoms with van der Waals surface area (Å²) < 4.78 is 0. The molecule has 0 atom stereocenters. The van der Waals surface area contributed by atoms with Gasteiger partial charge in [-0.25, -0.2) is 0 Å². The number of nitrogens with zero attached hydrogens (tertiary/aromatic N) is 2. The Kier molecular flexibility index (Phi) is 2.45. The predicted octanol–water partition coefficient (Wildman–Crippen LogP) is 1.51. The summed E-state index contributed by atoms with van der Waals surface area (Å²) in [6.07, 6.45) is 0. The van der Waals surface area contributed by atoms with Crippen molar-refractivity contribution in [2.75, 3.05) is 12.4 Å². The summed E-state index contributed by atoms with van der Waals surface area (Å²) in [7, 11) is 1.68. The maximum Gasteiger partial charge on any atom is 0.287 e. The van der Waals surface area contributed by atoms with Crippen LogP contribution in [-0.4, -0.2) is 12.0 Å². The highest BCUT2D eigenvalue weighted by atomic mass is 16.6. The van der Waals surface area contributed by atoms with Crippen LogP contribution in [0.3, 0.4) is 0 Å². The highest BCUT2D eigenvalue weighted by Gasteiger charge is 2.12. The summed E-state index contributed by atoms with van der Waals surface area (Å²) in [6, 6.07) is 6.08. The molecule has 0 aromatic heterocycles. The van der Waals surface area contributed by atoms with E-state index in [1.54, 1.807) is 19.2 Å². The number of nitrogens with one attached hydrogen (secondary N) is 1. The molecule has 0 heterocycles. The van der Waals surface area contributed by atoms with Gasteiger partial charge in [0.1, 0.15) is 11.6 Å². The van der Waals surface area contributed by atoms with Gasteiger partial charge in [0, 0.05) is 18.8 Å². The molecule has 0 fully saturated rings. The molecule has 0 amide bonds. The maximum atomic E-state index is 10.4. The average Bonchev–Trinajstić information content (AvgIpc) is 2.16. The molecule has 1 N–H and O–H groups in total. The van der Waals surface area contributed by atoms with Crippen LogP contribution in [0.1, 0.15) is 5.56 Å². The fourth-order valence-electron chi connectivity index (χ4n) is 0.940. The third-order valence-corrected chi connectivity index (χ3v) is 1.60. The highest BCUT2D eigenvalue weighted by molar-refractivity contribution is 5.58. The fourth-order valence-corrected chi connectivity index (χ4v) is 0.940. The number of rotatable bonds is 2. The zero-order chi connectivity index (χ0) is 9.84. The number of nitro groups is 1. The molecule has 1 aromatic carbocycles. The molecular formula is C8H7N3O2. The van der Waals surface area contributed by atoms with Crippen LogP contribution < -0.4 is 5.32 Å². The van der Waals surface area contributed by atoms with Gasteiger partial charge >= 0.3 is 0 Å². The number of nitro benzene ring substituents is 1. The first-order chi connectivity index (χ1) is 6.19. The third kappa shape index (κ3) is 1.73. The van der Waals surface area contributed by atoms with E-state index in [1.807, 2.05) is 0 Å². The first kappa shape index (κ1) is 9.00. The van der Waals surface area contributed by atoms with Gasteiger partial charge in [0.15, 0.2) is 0 Å². The molecule has 0 bridgehead atoms. The summed E-state index contributed by atoms with van der Waals surface area (Å²) in [5.41, 5.74) is 0.584. The van der Waals surface area contributed by atoms with Crippen molar-refractivity contribution in [1.29, 1.82) is 5.26 Å². The molecular weight excluding hydrogens is 170 g/mol. The highest BCUT2D eigenvalue weighted by Crippen LogP contribution is 2.21. The van der Waals surface area contributed by atoms with Gasteiger partial charge in [-0.1, -0.05) is 0 Å². The lowest BCUT2D eigenvalue weighted by molar-refractivity contribution is -0.385. The number of anilines is 1. The van der Waals surface area contributed by atoms with Crippen LogP contribution >= 0.6 is 0 Å². The van der Waals surface area contributed by atoms with Crippen molar-refractivity contribution in [3.8, 4) is 6.07 Å². The standard InChI is InChI=1S/C8H7N3O2/c1-10-7-2-3-8(11(12)13)6(4-7)5-9/h2-4,10H,1H3. The van der Waals surface area contributed by atoms with Crippen LogP contribution in [0, 0.1) is 21.4 Å². The van der Waals surface area contributed by atoms with Gasteiger partial charge in [0.25, 0.3) is 5.69 Å². The number of hydrogen-bond donors (Lipinski definition) is 1. The van der Waals surface area contributed by atoms with Gasteiger partial charge in [0.05, 0.1) is 4.92 Å². The average molecular weight is 177 g/mol. The number of nitriles is 1. The van der Waals surface area contributed by atoms with Crippen LogP contribution in [0.4, 0.5) is 11.4 Å². The SMILES string of the molecule is CNc1ccc([N+](=O)[O-])c(C#N)c1. The van der Waals surface area contributed by atoms with Gasteiger partial charge in [0.2, 0.25) is 0 Å². The minimum Gasteiger partial charge on any atom is -0.388 e. The number of hydrogen-bond acceptors (Lipinski definition) is 4. The summed E-state index contributed by atoms with van der Waals surface area (Å²) in [5.74, 6) is 0. The first-order valence-electron chi connectivity index (χ1n) is 3.55. The van der Waals surface area contributed by atoms with E-state index in [1.165, 1.54) is 12.1 Å². The molecule has 13 heavy (non-hydrogen) atoms. The Morgan fingerprint density at radius 3 is 2.77 bits per heavy atom. The monoisotopic (exact) mass is 177 g/mol. The Labute approximate surface area is 74.8 Å². The van der Waals surface area contributed by atoms with Gasteiger partial charge in [-0.05, 0) is 12.1 Å². The van der Waals surface area contributed by atoms with E-state index in [-0.39, 0.29) is 11.3 Å². The Balaban J connectivity index is 3.26. The molecule has 0 aliphatic carbocycles. The minimum absolute atomic E-state index is 0.0665. The van der Waals surface area contributed by atoms with E-state index in [2.05, 4.69) is 5.32 Å². The maximum absolute atomic E-state index is 10.4. The van der Waals surface area contributed by atoms with Crippen molar-refractivity contribution in [1.82, 2.24) is 0 Å². The second-order valence-corrected chi connectivity index (χ2v) is 2.35. The van der Waals surface area contributed by atoms with E-state index in [9.17, 15) is 10.1 Å². The van der Waals surface area contributed by atoms with E-state index < -0.39 is 4.92 Å². The lowest BCUT2D eigenvalue weighted by Gasteiger charge is -1.99. The van der Waals surface area contributed by atoms with E-state index >= 15 is 0 Å². The Hall–Kier alpha value is -2.09. The van der Waals surface area contributed by atoms with Crippen molar-refractivity contribution >= 4 is 11.4 Å². The zero-order valence-corrected chi connectivity index (χ0v) is 6.94. The molecule has 66 valence electrons. The van der Waals surface area contributed by atoms with Crippen LogP contribution in [0.2, 0.25) is 0 Å². The smallest absolute Gasteiger partial charge is 0.287 e. The Bertz CT molecular complexity index is 381. The van der Waals surface area contributed by atoms with Crippen molar-refractivity contribution in [2.45, 2.75) is 0 Å². The van der Waals surface area contributed by atoms with E-state index in [0.717, 1.165) is 0 Å². The first-order valence-corrected chi connectivity index (χ1v) is 3.55. The molecule has 0 unspecified atom stereocenters.